The number of aromatic nitrogens is 2. The van der Waals surface area contributed by atoms with Crippen molar-refractivity contribution in [1.82, 2.24) is 9.78 Å². The number of carbonyl (C=O) groups excluding carboxylic acids is 1. The van der Waals surface area contributed by atoms with E-state index in [9.17, 15) is 4.79 Å². The van der Waals surface area contributed by atoms with E-state index in [-0.39, 0.29) is 5.78 Å². The minimum absolute atomic E-state index is 0.109. The molecule has 0 amide bonds. The molecule has 1 aromatic rings. The van der Waals surface area contributed by atoms with E-state index in [0.29, 0.717) is 23.8 Å². The highest BCUT2D eigenvalue weighted by Gasteiger charge is 2.19. The van der Waals surface area contributed by atoms with Crippen molar-refractivity contribution in [2.24, 2.45) is 5.92 Å². The number of hydrogen-bond acceptors (Lipinski definition) is 3. The van der Waals surface area contributed by atoms with Gasteiger partial charge in [0.05, 0.1) is 13.3 Å². The smallest absolute Gasteiger partial charge is 0.184 e. The molecule has 0 aliphatic rings. The maximum Gasteiger partial charge on any atom is 0.184 e. The van der Waals surface area contributed by atoms with Gasteiger partial charge in [0.1, 0.15) is 5.69 Å². The summed E-state index contributed by atoms with van der Waals surface area (Å²) in [6, 6.07) is 0. The summed E-state index contributed by atoms with van der Waals surface area (Å²) in [5, 5.41) is 4.18. The molecule has 4 heteroatoms. The lowest BCUT2D eigenvalue weighted by molar-refractivity contribution is 0.0954. The van der Waals surface area contributed by atoms with E-state index in [4.69, 9.17) is 4.74 Å². The van der Waals surface area contributed by atoms with Crippen LogP contribution < -0.4 is 4.74 Å². The van der Waals surface area contributed by atoms with Crippen LogP contribution in [0.15, 0.2) is 6.20 Å². The Bertz CT molecular complexity index is 356. The van der Waals surface area contributed by atoms with Crippen LogP contribution in [0.2, 0.25) is 0 Å². The number of ether oxygens (including phenoxy) is 1. The quantitative estimate of drug-likeness (QED) is 0.697. The van der Waals surface area contributed by atoms with Crippen LogP contribution in [0, 0.1) is 5.92 Å². The summed E-state index contributed by atoms with van der Waals surface area (Å²) in [6.07, 6.45) is 3.10. The molecule has 1 rings (SSSR count). The van der Waals surface area contributed by atoms with Crippen LogP contribution in [-0.4, -0.2) is 22.7 Å². The van der Waals surface area contributed by atoms with E-state index >= 15 is 0 Å². The first kappa shape index (κ1) is 12.7. The summed E-state index contributed by atoms with van der Waals surface area (Å²) in [5.41, 5.74) is 0.609. The van der Waals surface area contributed by atoms with Crippen molar-refractivity contribution in [3.8, 4) is 5.75 Å². The summed E-state index contributed by atoms with van der Waals surface area (Å²) < 4.78 is 6.91. The fourth-order valence-corrected chi connectivity index (χ4v) is 1.65. The molecule has 0 N–H and O–H groups in total. The second-order valence-corrected chi connectivity index (χ2v) is 4.31. The first-order valence-electron chi connectivity index (χ1n) is 5.73. The number of aryl methyl sites for hydroxylation is 1. The van der Waals surface area contributed by atoms with Crippen LogP contribution in [0.1, 0.15) is 44.1 Å². The van der Waals surface area contributed by atoms with Crippen LogP contribution in [0.5, 0.6) is 5.75 Å². The summed E-state index contributed by atoms with van der Waals surface area (Å²) >= 11 is 0. The summed E-state index contributed by atoms with van der Waals surface area (Å²) in [7, 11) is 1.57. The molecule has 0 aliphatic carbocycles. The Labute approximate surface area is 96.6 Å². The summed E-state index contributed by atoms with van der Waals surface area (Å²) in [5.74, 6) is 1.04. The van der Waals surface area contributed by atoms with Crippen molar-refractivity contribution in [3.05, 3.63) is 11.9 Å². The molecular weight excluding hydrogens is 204 g/mol. The van der Waals surface area contributed by atoms with Gasteiger partial charge in [0, 0.05) is 13.0 Å². The first-order valence-corrected chi connectivity index (χ1v) is 5.73. The van der Waals surface area contributed by atoms with E-state index in [0.717, 1.165) is 13.0 Å². The number of methoxy groups -OCH3 is 1. The number of carbonyl (C=O) groups is 1. The lowest BCUT2D eigenvalue weighted by Crippen LogP contribution is -2.13. The molecule has 0 saturated carbocycles. The number of ketones is 1. The zero-order chi connectivity index (χ0) is 12.1. The normalized spacial score (nSPS) is 10.8. The van der Waals surface area contributed by atoms with E-state index in [2.05, 4.69) is 12.0 Å². The molecule has 0 atom stereocenters. The summed E-state index contributed by atoms with van der Waals surface area (Å²) in [6.45, 7) is 6.88. The zero-order valence-corrected chi connectivity index (χ0v) is 10.5. The second-order valence-electron chi connectivity index (χ2n) is 4.31. The highest BCUT2D eigenvalue weighted by atomic mass is 16.5. The molecule has 1 heterocycles. The van der Waals surface area contributed by atoms with Crippen molar-refractivity contribution >= 4 is 5.78 Å². The third kappa shape index (κ3) is 2.84. The molecule has 0 saturated heterocycles. The molecule has 1 aromatic heterocycles. The Morgan fingerprint density at radius 1 is 1.56 bits per heavy atom. The van der Waals surface area contributed by atoms with Crippen LogP contribution in [0.4, 0.5) is 0 Å². The number of nitrogens with zero attached hydrogens (tertiary/aromatic N) is 2. The minimum Gasteiger partial charge on any atom is -0.493 e. The molecule has 4 nitrogen and oxygen atoms in total. The zero-order valence-electron chi connectivity index (χ0n) is 10.5. The Hall–Kier alpha value is -1.32. The van der Waals surface area contributed by atoms with Crippen molar-refractivity contribution in [1.29, 1.82) is 0 Å². The SMILES string of the molecule is CCCn1ncc(OC)c1C(=O)CC(C)C. The van der Waals surface area contributed by atoms with Gasteiger partial charge in [-0.25, -0.2) is 0 Å². The van der Waals surface area contributed by atoms with Crippen LogP contribution >= 0.6 is 0 Å². The van der Waals surface area contributed by atoms with E-state index in [1.54, 1.807) is 18.0 Å². The Kier molecular flexibility index (Phi) is 4.52. The monoisotopic (exact) mass is 224 g/mol. The number of Topliss-reactive ketones (excluding diaryl/α,β-unsaturated/α-hetero) is 1. The van der Waals surface area contributed by atoms with Gasteiger partial charge in [-0.2, -0.15) is 5.10 Å². The molecule has 0 fully saturated rings. The molecule has 0 radical (unpaired) electrons. The average Bonchev–Trinajstić information content (AvgIpc) is 2.60. The van der Waals surface area contributed by atoms with Gasteiger partial charge in [0.2, 0.25) is 0 Å². The molecule has 90 valence electrons. The standard InChI is InChI=1S/C12H20N2O2/c1-5-6-14-12(10(15)7-9(2)3)11(16-4)8-13-14/h8-9H,5-7H2,1-4H3. The van der Waals surface area contributed by atoms with E-state index < -0.39 is 0 Å². The topological polar surface area (TPSA) is 44.1 Å². The van der Waals surface area contributed by atoms with Gasteiger partial charge in [0.25, 0.3) is 0 Å². The fourth-order valence-electron chi connectivity index (χ4n) is 1.65. The van der Waals surface area contributed by atoms with Gasteiger partial charge in [-0.3, -0.25) is 9.48 Å². The van der Waals surface area contributed by atoms with Crippen molar-refractivity contribution in [2.75, 3.05) is 7.11 Å². The predicted molar refractivity (Wildman–Crippen MR) is 62.9 cm³/mol. The third-order valence-electron chi connectivity index (χ3n) is 2.32. The van der Waals surface area contributed by atoms with Gasteiger partial charge < -0.3 is 4.74 Å². The molecule has 0 spiro atoms. The third-order valence-corrected chi connectivity index (χ3v) is 2.32. The second kappa shape index (κ2) is 5.68. The highest BCUT2D eigenvalue weighted by Crippen LogP contribution is 2.21. The Balaban J connectivity index is 2.97. The molecule has 0 aromatic carbocycles. The van der Waals surface area contributed by atoms with E-state index in [1.807, 2.05) is 13.8 Å². The maximum absolute atomic E-state index is 12.1. The Morgan fingerprint density at radius 3 is 2.75 bits per heavy atom. The molecule has 0 aliphatic heterocycles. The van der Waals surface area contributed by atoms with Crippen molar-refractivity contribution in [3.63, 3.8) is 0 Å². The van der Waals surface area contributed by atoms with Gasteiger partial charge >= 0.3 is 0 Å². The number of rotatable bonds is 6. The number of hydrogen-bond donors (Lipinski definition) is 0. The van der Waals surface area contributed by atoms with Crippen LogP contribution in [-0.2, 0) is 6.54 Å². The average molecular weight is 224 g/mol. The first-order chi connectivity index (χ1) is 7.60. The predicted octanol–water partition coefficient (Wildman–Crippen LogP) is 2.53. The fraction of sp³-hybridized carbons (Fsp3) is 0.667. The van der Waals surface area contributed by atoms with Crippen LogP contribution in [0.25, 0.3) is 0 Å². The largest absolute Gasteiger partial charge is 0.493 e. The summed E-state index contributed by atoms with van der Waals surface area (Å²) in [4.78, 5) is 12.1. The van der Waals surface area contributed by atoms with Gasteiger partial charge in [-0.05, 0) is 12.3 Å². The maximum atomic E-state index is 12.1. The van der Waals surface area contributed by atoms with Gasteiger partial charge in [-0.1, -0.05) is 20.8 Å². The molecule has 0 bridgehead atoms. The molecule has 16 heavy (non-hydrogen) atoms. The molecular formula is C12H20N2O2. The lowest BCUT2D eigenvalue weighted by atomic mass is 10.0. The Morgan fingerprint density at radius 2 is 2.25 bits per heavy atom. The molecule has 0 unspecified atom stereocenters. The minimum atomic E-state index is 0.109. The van der Waals surface area contributed by atoms with E-state index in [1.165, 1.54) is 0 Å². The van der Waals surface area contributed by atoms with Gasteiger partial charge in [0.15, 0.2) is 11.5 Å². The van der Waals surface area contributed by atoms with Gasteiger partial charge in [-0.15, -0.1) is 0 Å². The highest BCUT2D eigenvalue weighted by molar-refractivity contribution is 5.97. The lowest BCUT2D eigenvalue weighted by Gasteiger charge is -2.08. The van der Waals surface area contributed by atoms with Crippen molar-refractivity contribution in [2.45, 2.75) is 40.2 Å². The van der Waals surface area contributed by atoms with Crippen molar-refractivity contribution < 1.29 is 9.53 Å². The van der Waals surface area contributed by atoms with Crippen LogP contribution in [0.3, 0.4) is 0 Å².